The molecule has 1 unspecified atom stereocenters. The Balaban J connectivity index is 1.99. The molecule has 1 amide bonds. The van der Waals surface area contributed by atoms with E-state index in [9.17, 15) is 19.3 Å². The van der Waals surface area contributed by atoms with Gasteiger partial charge in [-0.15, -0.1) is 0 Å². The summed E-state index contributed by atoms with van der Waals surface area (Å²) in [5.74, 6) is -0.564. The Hall–Kier alpha value is -2.38. The molecule has 1 saturated heterocycles. The van der Waals surface area contributed by atoms with Crippen molar-refractivity contribution in [1.82, 2.24) is 4.90 Å². The van der Waals surface area contributed by atoms with Crippen LogP contribution in [0.2, 0.25) is 0 Å². The third-order valence-electron chi connectivity index (χ3n) is 3.36. The van der Waals surface area contributed by atoms with Crippen molar-refractivity contribution in [3.63, 3.8) is 0 Å². The summed E-state index contributed by atoms with van der Waals surface area (Å²) in [7, 11) is 0. The molecule has 1 N–H and O–H groups in total. The van der Waals surface area contributed by atoms with Gasteiger partial charge in [-0.25, -0.2) is 9.18 Å². The van der Waals surface area contributed by atoms with Gasteiger partial charge in [0.15, 0.2) is 0 Å². The van der Waals surface area contributed by atoms with Gasteiger partial charge < -0.3 is 15.0 Å². The molecule has 7 nitrogen and oxygen atoms in total. The molecule has 0 spiro atoms. The number of halogens is 1. The van der Waals surface area contributed by atoms with Crippen LogP contribution in [0, 0.1) is 15.9 Å². The summed E-state index contributed by atoms with van der Waals surface area (Å²) >= 11 is 0. The second-order valence-electron chi connectivity index (χ2n) is 6.48. The molecule has 1 aliphatic rings. The standard InChI is InChI=1S/C15H20FN3O4/c1-15(2,3)23-14(20)18-7-6-10(9-18)17-13-8-11(19(21)22)4-5-12(13)16/h4-5,8,10,17H,6-7,9H2,1-3H3. The second kappa shape index (κ2) is 6.39. The lowest BCUT2D eigenvalue weighted by Gasteiger charge is -2.24. The molecule has 1 heterocycles. The number of carbonyl (C=O) groups excluding carboxylic acids is 1. The monoisotopic (exact) mass is 325 g/mol. The third-order valence-corrected chi connectivity index (χ3v) is 3.36. The molecular formula is C15H20FN3O4. The van der Waals surface area contributed by atoms with E-state index in [4.69, 9.17) is 4.74 Å². The van der Waals surface area contributed by atoms with E-state index in [1.165, 1.54) is 4.90 Å². The lowest BCUT2D eigenvalue weighted by atomic mass is 10.2. The van der Waals surface area contributed by atoms with Gasteiger partial charge >= 0.3 is 6.09 Å². The first-order valence-electron chi connectivity index (χ1n) is 7.34. The zero-order valence-electron chi connectivity index (χ0n) is 13.3. The van der Waals surface area contributed by atoms with Crippen molar-refractivity contribution in [3.05, 3.63) is 34.1 Å². The molecule has 1 aromatic carbocycles. The number of nitro groups is 1. The minimum Gasteiger partial charge on any atom is -0.444 e. The van der Waals surface area contributed by atoms with Crippen LogP contribution in [-0.4, -0.2) is 40.6 Å². The highest BCUT2D eigenvalue weighted by molar-refractivity contribution is 5.68. The Morgan fingerprint density at radius 1 is 1.48 bits per heavy atom. The van der Waals surface area contributed by atoms with E-state index in [-0.39, 0.29) is 17.4 Å². The van der Waals surface area contributed by atoms with E-state index < -0.39 is 22.4 Å². The quantitative estimate of drug-likeness (QED) is 0.681. The zero-order chi connectivity index (χ0) is 17.2. The first-order chi connectivity index (χ1) is 10.7. The van der Waals surface area contributed by atoms with Crippen LogP contribution in [0.4, 0.5) is 20.6 Å². The van der Waals surface area contributed by atoms with E-state index in [1.54, 1.807) is 20.8 Å². The number of benzene rings is 1. The fourth-order valence-corrected chi connectivity index (χ4v) is 2.33. The minimum absolute atomic E-state index is 0.0650. The summed E-state index contributed by atoms with van der Waals surface area (Å²) < 4.78 is 19.1. The topological polar surface area (TPSA) is 84.7 Å². The van der Waals surface area contributed by atoms with Gasteiger partial charge in [0.2, 0.25) is 0 Å². The van der Waals surface area contributed by atoms with Crippen LogP contribution in [0.25, 0.3) is 0 Å². The summed E-state index contributed by atoms with van der Waals surface area (Å²) in [6.45, 7) is 6.21. The molecule has 1 fully saturated rings. The number of nitrogens with one attached hydrogen (secondary N) is 1. The van der Waals surface area contributed by atoms with Crippen molar-refractivity contribution >= 4 is 17.5 Å². The number of non-ortho nitro benzene ring substituents is 1. The number of anilines is 1. The van der Waals surface area contributed by atoms with Crippen LogP contribution in [0.15, 0.2) is 18.2 Å². The van der Waals surface area contributed by atoms with Crippen molar-refractivity contribution in [2.75, 3.05) is 18.4 Å². The van der Waals surface area contributed by atoms with Gasteiger partial charge in [0.1, 0.15) is 11.4 Å². The molecule has 8 heteroatoms. The molecule has 0 aliphatic carbocycles. The predicted octanol–water partition coefficient (Wildman–Crippen LogP) is 3.16. The van der Waals surface area contributed by atoms with Crippen LogP contribution in [0.1, 0.15) is 27.2 Å². The normalized spacial score (nSPS) is 17.9. The lowest BCUT2D eigenvalue weighted by molar-refractivity contribution is -0.384. The first-order valence-corrected chi connectivity index (χ1v) is 7.34. The van der Waals surface area contributed by atoms with E-state index in [0.717, 1.165) is 18.2 Å². The van der Waals surface area contributed by atoms with Gasteiger partial charge in [-0.05, 0) is 33.3 Å². The van der Waals surface area contributed by atoms with Crippen LogP contribution < -0.4 is 5.32 Å². The van der Waals surface area contributed by atoms with Crippen molar-refractivity contribution in [1.29, 1.82) is 0 Å². The number of rotatable bonds is 3. The van der Waals surface area contributed by atoms with Crippen LogP contribution in [0.5, 0.6) is 0 Å². The fraction of sp³-hybridized carbons (Fsp3) is 0.533. The number of hydrogen-bond donors (Lipinski definition) is 1. The number of hydrogen-bond acceptors (Lipinski definition) is 5. The molecule has 0 bridgehead atoms. The van der Waals surface area contributed by atoms with Crippen molar-refractivity contribution < 1.29 is 18.8 Å². The first kappa shape index (κ1) is 17.0. The maximum absolute atomic E-state index is 13.8. The van der Waals surface area contributed by atoms with E-state index in [2.05, 4.69) is 5.32 Å². The number of carbonyl (C=O) groups is 1. The van der Waals surface area contributed by atoms with Gasteiger partial charge in [0.05, 0.1) is 10.6 Å². The average Bonchev–Trinajstić information content (AvgIpc) is 2.88. The maximum Gasteiger partial charge on any atom is 0.410 e. The van der Waals surface area contributed by atoms with E-state index in [0.29, 0.717) is 19.5 Å². The molecule has 1 aromatic rings. The van der Waals surface area contributed by atoms with Gasteiger partial charge in [-0.3, -0.25) is 10.1 Å². The Morgan fingerprint density at radius 3 is 2.78 bits per heavy atom. The summed E-state index contributed by atoms with van der Waals surface area (Å²) in [4.78, 5) is 23.7. The maximum atomic E-state index is 13.8. The van der Waals surface area contributed by atoms with Crippen molar-refractivity contribution in [2.24, 2.45) is 0 Å². The molecule has 0 radical (unpaired) electrons. The molecule has 126 valence electrons. The third kappa shape index (κ3) is 4.54. The van der Waals surface area contributed by atoms with E-state index >= 15 is 0 Å². The highest BCUT2D eigenvalue weighted by atomic mass is 19.1. The molecule has 1 aliphatic heterocycles. The summed E-state index contributed by atoms with van der Waals surface area (Å²) in [5.41, 5.74) is -0.694. The number of nitro benzene ring substituents is 1. The Bertz CT molecular complexity index is 615. The summed E-state index contributed by atoms with van der Waals surface area (Å²) in [6.07, 6.45) is 0.197. The van der Waals surface area contributed by atoms with Gasteiger partial charge in [0.25, 0.3) is 5.69 Å². The van der Waals surface area contributed by atoms with Gasteiger partial charge in [-0.2, -0.15) is 0 Å². The number of likely N-dealkylation sites (tertiary alicyclic amines) is 1. The average molecular weight is 325 g/mol. The molecular weight excluding hydrogens is 305 g/mol. The molecule has 2 rings (SSSR count). The summed E-state index contributed by atoms with van der Waals surface area (Å²) in [6, 6.07) is 3.15. The van der Waals surface area contributed by atoms with Crippen LogP contribution >= 0.6 is 0 Å². The zero-order valence-corrected chi connectivity index (χ0v) is 13.3. The van der Waals surface area contributed by atoms with Crippen molar-refractivity contribution in [3.8, 4) is 0 Å². The molecule has 23 heavy (non-hydrogen) atoms. The lowest BCUT2D eigenvalue weighted by Crippen LogP contribution is -2.36. The fourth-order valence-electron chi connectivity index (χ4n) is 2.33. The van der Waals surface area contributed by atoms with E-state index in [1.807, 2.05) is 0 Å². The smallest absolute Gasteiger partial charge is 0.410 e. The van der Waals surface area contributed by atoms with Crippen LogP contribution in [0.3, 0.4) is 0 Å². The van der Waals surface area contributed by atoms with Gasteiger partial charge in [-0.1, -0.05) is 0 Å². The number of ether oxygens (including phenoxy) is 1. The predicted molar refractivity (Wildman–Crippen MR) is 82.9 cm³/mol. The Labute approximate surface area is 133 Å². The van der Waals surface area contributed by atoms with Gasteiger partial charge in [0, 0.05) is 31.3 Å². The molecule has 0 aromatic heterocycles. The largest absolute Gasteiger partial charge is 0.444 e. The molecule has 1 atom stereocenters. The minimum atomic E-state index is -0.577. The highest BCUT2D eigenvalue weighted by Gasteiger charge is 2.30. The summed E-state index contributed by atoms with van der Waals surface area (Å²) in [5, 5.41) is 13.7. The van der Waals surface area contributed by atoms with Crippen LogP contribution in [-0.2, 0) is 4.74 Å². The second-order valence-corrected chi connectivity index (χ2v) is 6.48. The number of nitrogens with zero attached hydrogens (tertiary/aromatic N) is 2. The molecule has 0 saturated carbocycles. The Kier molecular flexibility index (Phi) is 4.72. The SMILES string of the molecule is CC(C)(C)OC(=O)N1CCC(Nc2cc([N+](=O)[O-])ccc2F)C1. The highest BCUT2D eigenvalue weighted by Crippen LogP contribution is 2.24. The van der Waals surface area contributed by atoms with Crippen molar-refractivity contribution in [2.45, 2.75) is 38.8 Å². The number of amides is 1. The Morgan fingerprint density at radius 2 is 2.17 bits per heavy atom.